The average Bonchev–Trinajstić information content (AvgIpc) is 3.14. The largest absolute Gasteiger partial charge is 0.494 e. The summed E-state index contributed by atoms with van der Waals surface area (Å²) in [4.78, 5) is 25.6. The zero-order valence-corrected chi connectivity index (χ0v) is 16.1. The van der Waals surface area contributed by atoms with Gasteiger partial charge in [0.1, 0.15) is 11.4 Å². The summed E-state index contributed by atoms with van der Waals surface area (Å²) in [6.07, 6.45) is 1.51. The Morgan fingerprint density at radius 1 is 1.41 bits per heavy atom. The van der Waals surface area contributed by atoms with Gasteiger partial charge in [0.25, 0.3) is 0 Å². The zero-order valence-electron chi connectivity index (χ0n) is 15.3. The first-order chi connectivity index (χ1) is 13.0. The maximum atomic E-state index is 12.5. The van der Waals surface area contributed by atoms with Crippen LogP contribution in [0.4, 0.5) is 0 Å². The minimum atomic E-state index is -0.351. The molecule has 0 saturated carbocycles. The molecule has 2 aromatic rings. The summed E-state index contributed by atoms with van der Waals surface area (Å²) in [6, 6.07) is 5.71. The fraction of sp³-hybridized carbons (Fsp3) is 0.471. The number of methoxy groups -OCH3 is 1. The molecule has 1 aromatic heterocycles. The number of hydrogen-bond donors (Lipinski definition) is 1. The van der Waals surface area contributed by atoms with Gasteiger partial charge in [-0.3, -0.25) is 9.59 Å². The Hall–Kier alpha value is -2.62. The van der Waals surface area contributed by atoms with E-state index in [2.05, 4.69) is 15.5 Å². The topological polar surface area (TPSA) is 116 Å². The molecular formula is C17H22N6O3S. The van der Waals surface area contributed by atoms with Crippen molar-refractivity contribution in [3.63, 3.8) is 0 Å². The molecule has 1 aliphatic rings. The molecule has 2 N–H and O–H groups in total. The van der Waals surface area contributed by atoms with Crippen LogP contribution in [0.1, 0.15) is 18.4 Å². The average molecular weight is 390 g/mol. The number of nitrogens with two attached hydrogens (primary N) is 1. The lowest BCUT2D eigenvalue weighted by molar-refractivity contribution is -0.132. The van der Waals surface area contributed by atoms with Crippen LogP contribution >= 0.6 is 11.8 Å². The number of thioether (sulfide) groups is 1. The van der Waals surface area contributed by atoms with Crippen molar-refractivity contribution in [2.45, 2.75) is 24.9 Å². The SMILES string of the molecule is COc1ccc(C)cc1-n1nnnc1SCC(=O)N1CCC[C@@H](C(N)=O)C1. The molecule has 1 fully saturated rings. The molecule has 0 radical (unpaired) electrons. The zero-order chi connectivity index (χ0) is 19.4. The van der Waals surface area contributed by atoms with Crippen LogP contribution in [0.5, 0.6) is 5.75 Å². The van der Waals surface area contributed by atoms with Gasteiger partial charge in [-0.1, -0.05) is 17.8 Å². The Balaban J connectivity index is 1.70. The van der Waals surface area contributed by atoms with Gasteiger partial charge in [0.15, 0.2) is 0 Å². The second-order valence-corrected chi connectivity index (χ2v) is 7.36. The van der Waals surface area contributed by atoms with E-state index >= 15 is 0 Å². The highest BCUT2D eigenvalue weighted by molar-refractivity contribution is 7.99. The number of nitrogens with zero attached hydrogens (tertiary/aromatic N) is 5. The van der Waals surface area contributed by atoms with Crippen LogP contribution in [0.2, 0.25) is 0 Å². The number of ether oxygens (including phenoxy) is 1. The Kier molecular flexibility index (Phi) is 5.94. The Bertz CT molecular complexity index is 840. The second kappa shape index (κ2) is 8.38. The highest BCUT2D eigenvalue weighted by atomic mass is 32.2. The summed E-state index contributed by atoms with van der Waals surface area (Å²) in [7, 11) is 1.58. The molecule has 1 saturated heterocycles. The molecule has 10 heteroatoms. The first-order valence-corrected chi connectivity index (χ1v) is 9.61. The Morgan fingerprint density at radius 3 is 2.96 bits per heavy atom. The smallest absolute Gasteiger partial charge is 0.233 e. The number of rotatable bonds is 6. The third-order valence-electron chi connectivity index (χ3n) is 4.50. The maximum Gasteiger partial charge on any atom is 0.233 e. The molecule has 144 valence electrons. The highest BCUT2D eigenvalue weighted by Gasteiger charge is 2.27. The molecule has 1 aromatic carbocycles. The van der Waals surface area contributed by atoms with Crippen molar-refractivity contribution >= 4 is 23.6 Å². The van der Waals surface area contributed by atoms with Gasteiger partial charge in [-0.2, -0.15) is 4.68 Å². The lowest BCUT2D eigenvalue weighted by atomic mass is 9.97. The number of primary amides is 1. The summed E-state index contributed by atoms with van der Waals surface area (Å²) in [5.74, 6) is 0.142. The molecule has 3 rings (SSSR count). The van der Waals surface area contributed by atoms with Crippen LogP contribution in [0.3, 0.4) is 0 Å². The fourth-order valence-corrected chi connectivity index (χ4v) is 3.83. The van der Waals surface area contributed by atoms with Gasteiger partial charge in [0.05, 0.1) is 18.8 Å². The molecule has 0 spiro atoms. The number of carbonyl (C=O) groups excluding carboxylic acids is 2. The van der Waals surface area contributed by atoms with E-state index in [9.17, 15) is 9.59 Å². The summed E-state index contributed by atoms with van der Waals surface area (Å²) in [5.41, 5.74) is 7.13. The van der Waals surface area contributed by atoms with E-state index in [1.165, 1.54) is 11.8 Å². The lowest BCUT2D eigenvalue weighted by Gasteiger charge is -2.31. The molecule has 0 bridgehead atoms. The first-order valence-electron chi connectivity index (χ1n) is 8.63. The number of tetrazole rings is 1. The van der Waals surface area contributed by atoms with E-state index in [-0.39, 0.29) is 23.5 Å². The van der Waals surface area contributed by atoms with Crippen molar-refractivity contribution in [2.75, 3.05) is 26.0 Å². The standard InChI is InChI=1S/C17H22N6O3S/c1-11-5-6-14(26-2)13(8-11)23-17(19-20-21-23)27-10-15(24)22-7-3-4-12(9-22)16(18)25/h5-6,8,12H,3-4,7,9-10H2,1-2H3,(H2,18,25)/t12-/m1/s1. The first kappa shape index (κ1) is 19.2. The third-order valence-corrected chi connectivity index (χ3v) is 5.41. The van der Waals surface area contributed by atoms with Crippen LogP contribution < -0.4 is 10.5 Å². The number of hydrogen-bond acceptors (Lipinski definition) is 7. The molecule has 2 amide bonds. The summed E-state index contributed by atoms with van der Waals surface area (Å²) in [5, 5.41) is 12.3. The number of aryl methyl sites for hydroxylation is 1. The molecule has 0 unspecified atom stereocenters. The van der Waals surface area contributed by atoms with Crippen molar-refractivity contribution in [1.29, 1.82) is 0 Å². The van der Waals surface area contributed by atoms with Crippen molar-refractivity contribution in [3.8, 4) is 11.4 Å². The van der Waals surface area contributed by atoms with Crippen LogP contribution in [-0.4, -0.2) is 62.9 Å². The minimum absolute atomic E-state index is 0.0586. The Labute approximate surface area is 161 Å². The van der Waals surface area contributed by atoms with Crippen LogP contribution in [0, 0.1) is 12.8 Å². The van der Waals surface area contributed by atoms with Crippen molar-refractivity contribution < 1.29 is 14.3 Å². The molecule has 27 heavy (non-hydrogen) atoms. The van der Waals surface area contributed by atoms with Crippen molar-refractivity contribution in [1.82, 2.24) is 25.1 Å². The summed E-state index contributed by atoms with van der Waals surface area (Å²) < 4.78 is 6.95. The monoisotopic (exact) mass is 390 g/mol. The van der Waals surface area contributed by atoms with E-state index in [4.69, 9.17) is 10.5 Å². The molecule has 2 heterocycles. The quantitative estimate of drug-likeness (QED) is 0.725. The number of piperidine rings is 1. The van der Waals surface area contributed by atoms with Gasteiger partial charge >= 0.3 is 0 Å². The van der Waals surface area contributed by atoms with Gasteiger partial charge < -0.3 is 15.4 Å². The normalized spacial score (nSPS) is 17.0. The highest BCUT2D eigenvalue weighted by Crippen LogP contribution is 2.27. The molecule has 9 nitrogen and oxygen atoms in total. The third kappa shape index (κ3) is 4.38. The number of amides is 2. The van der Waals surface area contributed by atoms with E-state index in [1.54, 1.807) is 16.7 Å². The predicted octanol–water partition coefficient (Wildman–Crippen LogP) is 0.795. The minimum Gasteiger partial charge on any atom is -0.494 e. The lowest BCUT2D eigenvalue weighted by Crippen LogP contribution is -2.44. The van der Waals surface area contributed by atoms with Gasteiger partial charge in [-0.25, -0.2) is 0 Å². The maximum absolute atomic E-state index is 12.5. The molecule has 1 aliphatic heterocycles. The van der Waals surface area contributed by atoms with E-state index in [0.717, 1.165) is 18.4 Å². The van der Waals surface area contributed by atoms with Crippen molar-refractivity contribution in [3.05, 3.63) is 23.8 Å². The van der Waals surface area contributed by atoms with Gasteiger partial charge in [0, 0.05) is 13.1 Å². The summed E-state index contributed by atoms with van der Waals surface area (Å²) >= 11 is 1.25. The predicted molar refractivity (Wildman–Crippen MR) is 99.7 cm³/mol. The van der Waals surface area contributed by atoms with Crippen LogP contribution in [0.15, 0.2) is 23.4 Å². The van der Waals surface area contributed by atoms with E-state index < -0.39 is 0 Å². The van der Waals surface area contributed by atoms with Crippen LogP contribution in [0.25, 0.3) is 5.69 Å². The van der Waals surface area contributed by atoms with Gasteiger partial charge in [-0.15, -0.1) is 5.10 Å². The molecule has 0 aliphatic carbocycles. The van der Waals surface area contributed by atoms with E-state index in [1.807, 2.05) is 25.1 Å². The fourth-order valence-electron chi connectivity index (χ4n) is 3.04. The van der Waals surface area contributed by atoms with Gasteiger partial charge in [0.2, 0.25) is 17.0 Å². The van der Waals surface area contributed by atoms with E-state index in [0.29, 0.717) is 29.7 Å². The van der Waals surface area contributed by atoms with Crippen LogP contribution in [-0.2, 0) is 9.59 Å². The number of carbonyl (C=O) groups is 2. The molecular weight excluding hydrogens is 368 g/mol. The number of likely N-dealkylation sites (tertiary alicyclic amines) is 1. The molecule has 1 atom stereocenters. The number of benzene rings is 1. The Morgan fingerprint density at radius 2 is 2.22 bits per heavy atom. The summed E-state index contributed by atoms with van der Waals surface area (Å²) in [6.45, 7) is 2.99. The number of aromatic nitrogens is 4. The van der Waals surface area contributed by atoms with Crippen molar-refractivity contribution in [2.24, 2.45) is 11.7 Å². The second-order valence-electron chi connectivity index (χ2n) is 6.42. The van der Waals surface area contributed by atoms with Gasteiger partial charge in [-0.05, 0) is 47.9 Å².